The fraction of sp³-hybridized carbons (Fsp3) is 0.182. The Balaban J connectivity index is 1.55. The lowest BCUT2D eigenvalue weighted by atomic mass is 10.0. The largest absolute Gasteiger partial charge is 0.417 e. The molecule has 1 aliphatic rings. The van der Waals surface area contributed by atoms with Crippen LogP contribution in [-0.2, 0) is 6.18 Å². The minimum absolute atomic E-state index is 0.0549. The third-order valence-corrected chi connectivity index (χ3v) is 5.73. The van der Waals surface area contributed by atoms with E-state index in [1.807, 2.05) is 6.07 Å². The summed E-state index contributed by atoms with van der Waals surface area (Å²) in [6, 6.07) is 11.6. The van der Waals surface area contributed by atoms with E-state index in [1.165, 1.54) is 12.1 Å². The van der Waals surface area contributed by atoms with Crippen molar-refractivity contribution in [3.05, 3.63) is 64.1 Å². The molecule has 0 spiro atoms. The summed E-state index contributed by atoms with van der Waals surface area (Å²) in [5.41, 5.74) is -0.706. The molecule has 0 atom stereocenters. The summed E-state index contributed by atoms with van der Waals surface area (Å²) in [6.45, 7) is 0. The lowest BCUT2D eigenvalue weighted by Crippen LogP contribution is -2.13. The molecule has 1 fully saturated rings. The third kappa shape index (κ3) is 3.32. The van der Waals surface area contributed by atoms with Gasteiger partial charge in [-0.1, -0.05) is 12.1 Å². The number of halogens is 3. The highest BCUT2D eigenvalue weighted by atomic mass is 19.4. The van der Waals surface area contributed by atoms with Crippen molar-refractivity contribution in [3.63, 3.8) is 0 Å². The van der Waals surface area contributed by atoms with Gasteiger partial charge in [-0.25, -0.2) is 9.97 Å². The Morgan fingerprint density at radius 3 is 2.64 bits per heavy atom. The molecule has 0 bridgehead atoms. The van der Waals surface area contributed by atoms with Crippen molar-refractivity contribution in [2.75, 3.05) is 5.32 Å². The Hall–Kier alpha value is -4.15. The number of nitrogens with zero attached hydrogens (tertiary/aromatic N) is 3. The van der Waals surface area contributed by atoms with Crippen molar-refractivity contribution >= 4 is 33.4 Å². The summed E-state index contributed by atoms with van der Waals surface area (Å²) >= 11 is 0. The van der Waals surface area contributed by atoms with E-state index in [0.29, 0.717) is 28.5 Å². The number of para-hydroxylation sites is 1. The number of alkyl halides is 3. The highest BCUT2D eigenvalue weighted by molar-refractivity contribution is 5.94. The van der Waals surface area contributed by atoms with Crippen LogP contribution in [-0.4, -0.2) is 30.4 Å². The van der Waals surface area contributed by atoms with Gasteiger partial charge in [-0.2, -0.15) is 18.3 Å². The lowest BCUT2D eigenvalue weighted by molar-refractivity contribution is -0.135. The molecule has 1 saturated carbocycles. The van der Waals surface area contributed by atoms with Crippen LogP contribution in [0, 0.1) is 0 Å². The van der Waals surface area contributed by atoms with E-state index < -0.39 is 22.7 Å². The molecule has 0 aliphatic heterocycles. The molecule has 166 valence electrons. The maximum Gasteiger partial charge on any atom is 0.417 e. The third-order valence-electron chi connectivity index (χ3n) is 5.73. The van der Waals surface area contributed by atoms with E-state index in [4.69, 9.17) is 0 Å². The average molecular weight is 451 g/mol. The summed E-state index contributed by atoms with van der Waals surface area (Å²) in [6.07, 6.45) is -2.60. The van der Waals surface area contributed by atoms with Gasteiger partial charge < -0.3 is 5.32 Å². The van der Waals surface area contributed by atoms with Crippen LogP contribution in [0.5, 0.6) is 0 Å². The summed E-state index contributed by atoms with van der Waals surface area (Å²) in [5.74, 6) is 1.15. The van der Waals surface area contributed by atoms with Crippen LogP contribution in [0.4, 0.5) is 24.8 Å². The van der Waals surface area contributed by atoms with Gasteiger partial charge in [0, 0.05) is 28.6 Å². The van der Waals surface area contributed by atoms with Crippen molar-refractivity contribution in [2.24, 2.45) is 0 Å². The maximum atomic E-state index is 14.1. The van der Waals surface area contributed by atoms with E-state index in [2.05, 4.69) is 35.7 Å². The predicted octanol–water partition coefficient (Wildman–Crippen LogP) is 4.83. The zero-order valence-corrected chi connectivity index (χ0v) is 16.9. The number of aromatic amines is 3. The second-order valence-corrected chi connectivity index (χ2v) is 8.01. The highest BCUT2D eigenvalue weighted by Gasteiger charge is 2.38. The molecule has 3 heterocycles. The molecule has 0 saturated heterocycles. The monoisotopic (exact) mass is 451 g/mol. The van der Waals surface area contributed by atoms with Crippen LogP contribution in [0.15, 0.2) is 47.3 Å². The standard InChI is InChI=1S/C22H16F3N7O/c23-22(24,25)18-12(7-8-14-17(18)21(33)32-29-14)20-26-13-4-2-1-3-11(13)19(28-20)27-16-9-15(30-31-16)10-5-6-10/h1-4,7-10H,5-6H2,(H2,29,32,33)(H2,26,27,28,30,31). The van der Waals surface area contributed by atoms with Gasteiger partial charge in [0.25, 0.3) is 5.56 Å². The Kier molecular flexibility index (Phi) is 4.10. The minimum atomic E-state index is -4.80. The van der Waals surface area contributed by atoms with Crippen LogP contribution < -0.4 is 10.9 Å². The average Bonchev–Trinajstić information content (AvgIpc) is 3.43. The second-order valence-electron chi connectivity index (χ2n) is 8.01. The van der Waals surface area contributed by atoms with E-state index in [9.17, 15) is 18.0 Å². The van der Waals surface area contributed by atoms with Gasteiger partial charge in [-0.3, -0.25) is 20.1 Å². The van der Waals surface area contributed by atoms with Gasteiger partial charge in [-0.05, 0) is 37.1 Å². The van der Waals surface area contributed by atoms with Crippen molar-refractivity contribution < 1.29 is 13.2 Å². The van der Waals surface area contributed by atoms with Gasteiger partial charge in [0.05, 0.1) is 22.0 Å². The first-order valence-corrected chi connectivity index (χ1v) is 10.3. The molecule has 1 aliphatic carbocycles. The summed E-state index contributed by atoms with van der Waals surface area (Å²) in [4.78, 5) is 21.0. The van der Waals surface area contributed by atoms with E-state index in [0.717, 1.165) is 18.5 Å². The van der Waals surface area contributed by atoms with Gasteiger partial charge in [0.15, 0.2) is 11.6 Å². The molecule has 6 rings (SSSR count). The van der Waals surface area contributed by atoms with Crippen molar-refractivity contribution in [3.8, 4) is 11.4 Å². The van der Waals surface area contributed by atoms with Crippen molar-refractivity contribution in [1.29, 1.82) is 0 Å². The number of nitrogens with one attached hydrogen (secondary N) is 4. The first-order valence-electron chi connectivity index (χ1n) is 10.3. The summed E-state index contributed by atoms with van der Waals surface area (Å²) in [7, 11) is 0. The Bertz CT molecular complexity index is 1580. The molecule has 2 aromatic carbocycles. The molecule has 3 aromatic heterocycles. The smallest absolute Gasteiger partial charge is 0.323 e. The zero-order valence-electron chi connectivity index (χ0n) is 16.9. The molecule has 33 heavy (non-hydrogen) atoms. The predicted molar refractivity (Wildman–Crippen MR) is 116 cm³/mol. The number of fused-ring (bicyclic) bond motifs is 2. The molecule has 11 heteroatoms. The van der Waals surface area contributed by atoms with Gasteiger partial charge in [0.2, 0.25) is 0 Å². The van der Waals surface area contributed by atoms with Crippen molar-refractivity contribution in [2.45, 2.75) is 24.9 Å². The lowest BCUT2D eigenvalue weighted by Gasteiger charge is -2.14. The number of hydrogen-bond donors (Lipinski definition) is 4. The van der Waals surface area contributed by atoms with Gasteiger partial charge >= 0.3 is 6.18 Å². The molecule has 0 radical (unpaired) electrons. The first-order chi connectivity index (χ1) is 15.9. The molecular weight excluding hydrogens is 435 g/mol. The number of benzene rings is 2. The Morgan fingerprint density at radius 1 is 1.03 bits per heavy atom. The number of aromatic nitrogens is 6. The topological polar surface area (TPSA) is 115 Å². The number of H-pyrrole nitrogens is 3. The van der Waals surface area contributed by atoms with E-state index in [1.54, 1.807) is 24.3 Å². The quantitative estimate of drug-likeness (QED) is 0.312. The molecular formula is C22H16F3N7O. The van der Waals surface area contributed by atoms with Crippen LogP contribution in [0.1, 0.15) is 30.0 Å². The van der Waals surface area contributed by atoms with E-state index in [-0.39, 0.29) is 16.9 Å². The van der Waals surface area contributed by atoms with E-state index >= 15 is 0 Å². The Labute approximate surface area is 183 Å². The number of rotatable bonds is 4. The second kappa shape index (κ2) is 6.92. The number of hydrogen-bond acceptors (Lipinski definition) is 5. The van der Waals surface area contributed by atoms with Crippen LogP contribution in [0.25, 0.3) is 33.2 Å². The van der Waals surface area contributed by atoms with Gasteiger partial charge in [0.1, 0.15) is 5.82 Å². The Morgan fingerprint density at radius 2 is 1.85 bits per heavy atom. The summed E-state index contributed by atoms with van der Waals surface area (Å²) in [5, 5.41) is 15.2. The van der Waals surface area contributed by atoms with Crippen LogP contribution in [0.2, 0.25) is 0 Å². The maximum absolute atomic E-state index is 14.1. The van der Waals surface area contributed by atoms with Crippen molar-refractivity contribution in [1.82, 2.24) is 30.4 Å². The zero-order chi connectivity index (χ0) is 22.7. The fourth-order valence-corrected chi connectivity index (χ4v) is 4.03. The van der Waals surface area contributed by atoms with Crippen LogP contribution in [0.3, 0.4) is 0 Å². The number of anilines is 2. The fourth-order valence-electron chi connectivity index (χ4n) is 4.03. The molecule has 4 N–H and O–H groups in total. The minimum Gasteiger partial charge on any atom is -0.323 e. The molecule has 8 nitrogen and oxygen atoms in total. The molecule has 0 amide bonds. The van der Waals surface area contributed by atoms with Gasteiger partial charge in [-0.15, -0.1) is 0 Å². The molecule has 0 unspecified atom stereocenters. The molecule has 5 aromatic rings. The highest BCUT2D eigenvalue weighted by Crippen LogP contribution is 2.41. The van der Waals surface area contributed by atoms with Crippen LogP contribution >= 0.6 is 0 Å². The summed E-state index contributed by atoms with van der Waals surface area (Å²) < 4.78 is 42.3. The normalized spacial score (nSPS) is 14.3. The SMILES string of the molecule is O=c1[nH][nH]c2ccc(-c3nc(Nc4cc(C5CC5)[nH]n4)c4ccccc4n3)c(C(F)(F)F)c12. The first kappa shape index (κ1) is 19.5.